The first-order chi connectivity index (χ1) is 13.8. The second-order valence-electron chi connectivity index (χ2n) is 8.65. The van der Waals surface area contributed by atoms with Gasteiger partial charge in [-0.1, -0.05) is 69.3 Å². The lowest BCUT2D eigenvalue weighted by Gasteiger charge is -2.17. The van der Waals surface area contributed by atoms with Crippen LogP contribution in [0.15, 0.2) is 78.0 Å². The minimum Gasteiger partial charge on any atom is -0.465 e. The number of ether oxygens (including phenoxy) is 1. The number of hydrogen-bond donors (Lipinski definition) is 0. The number of esters is 1. The van der Waals surface area contributed by atoms with Gasteiger partial charge in [0.05, 0.1) is 12.7 Å². The topological polar surface area (TPSA) is 26.3 Å². The predicted octanol–water partition coefficient (Wildman–Crippen LogP) is 7.04. The number of rotatable bonds is 4. The molecule has 3 aromatic carbocycles. The third-order valence-electron chi connectivity index (χ3n) is 4.75. The van der Waals surface area contributed by atoms with E-state index < -0.39 is 0 Å². The molecule has 0 saturated carbocycles. The Bertz CT molecular complexity index is 1090. The molecule has 0 radical (unpaired) electrons. The van der Waals surface area contributed by atoms with E-state index in [1.165, 1.54) is 12.7 Å². The number of hydrogen-bond acceptors (Lipinski definition) is 2. The highest BCUT2D eigenvalue weighted by Crippen LogP contribution is 2.29. The summed E-state index contributed by atoms with van der Waals surface area (Å²) in [6.07, 6.45) is 0.986. The minimum absolute atomic E-state index is 0.215. The van der Waals surface area contributed by atoms with Crippen molar-refractivity contribution in [1.82, 2.24) is 0 Å². The maximum Gasteiger partial charge on any atom is 0.337 e. The van der Waals surface area contributed by atoms with Gasteiger partial charge in [-0.05, 0) is 64.4 Å². The molecule has 2 nitrogen and oxygen atoms in total. The SMILES string of the molecule is COC(=O)c1ccc2cc(C(=C=C(C)CC(C)(C)C)c3ccccc3)ccc2c1. The lowest BCUT2D eigenvalue weighted by Crippen LogP contribution is -2.04. The average molecular weight is 385 g/mol. The van der Waals surface area contributed by atoms with Gasteiger partial charge in [0.1, 0.15) is 0 Å². The first-order valence-electron chi connectivity index (χ1n) is 9.91. The predicted molar refractivity (Wildman–Crippen MR) is 121 cm³/mol. The summed E-state index contributed by atoms with van der Waals surface area (Å²) >= 11 is 0. The molecular formula is C27H28O2. The monoisotopic (exact) mass is 384 g/mol. The van der Waals surface area contributed by atoms with E-state index in [4.69, 9.17) is 4.74 Å². The van der Waals surface area contributed by atoms with Gasteiger partial charge in [0.15, 0.2) is 0 Å². The number of allylic oxidation sites excluding steroid dienone is 1. The second-order valence-corrected chi connectivity index (χ2v) is 8.65. The summed E-state index contributed by atoms with van der Waals surface area (Å²) in [4.78, 5) is 11.8. The lowest BCUT2D eigenvalue weighted by atomic mass is 9.87. The molecule has 0 saturated heterocycles. The fraction of sp³-hybridized carbons (Fsp3) is 0.259. The highest BCUT2D eigenvalue weighted by molar-refractivity contribution is 5.96. The molecule has 3 aromatic rings. The Morgan fingerprint density at radius 3 is 2.03 bits per heavy atom. The van der Waals surface area contributed by atoms with Crippen LogP contribution in [0.25, 0.3) is 16.3 Å². The van der Waals surface area contributed by atoms with Crippen molar-refractivity contribution >= 4 is 22.3 Å². The molecule has 0 aliphatic carbocycles. The van der Waals surface area contributed by atoms with Gasteiger partial charge in [-0.3, -0.25) is 0 Å². The number of carbonyl (C=O) groups is 1. The zero-order valence-corrected chi connectivity index (χ0v) is 17.9. The van der Waals surface area contributed by atoms with E-state index in [0.717, 1.165) is 33.9 Å². The molecule has 29 heavy (non-hydrogen) atoms. The van der Waals surface area contributed by atoms with Crippen LogP contribution in [-0.2, 0) is 4.74 Å². The highest BCUT2D eigenvalue weighted by Gasteiger charge is 2.12. The van der Waals surface area contributed by atoms with Gasteiger partial charge in [0, 0.05) is 5.57 Å². The Kier molecular flexibility index (Phi) is 6.06. The fourth-order valence-corrected chi connectivity index (χ4v) is 3.61. The van der Waals surface area contributed by atoms with Crippen molar-refractivity contribution in [2.45, 2.75) is 34.1 Å². The molecule has 0 aliphatic rings. The van der Waals surface area contributed by atoms with Crippen molar-refractivity contribution in [1.29, 1.82) is 0 Å². The Labute approximate surface area is 173 Å². The van der Waals surface area contributed by atoms with Gasteiger partial charge in [0.2, 0.25) is 0 Å². The van der Waals surface area contributed by atoms with E-state index in [1.54, 1.807) is 0 Å². The third-order valence-corrected chi connectivity index (χ3v) is 4.75. The number of benzene rings is 3. The molecule has 3 rings (SSSR count). The maximum atomic E-state index is 11.8. The van der Waals surface area contributed by atoms with Crippen LogP contribution in [-0.4, -0.2) is 13.1 Å². The Morgan fingerprint density at radius 1 is 0.862 bits per heavy atom. The summed E-state index contributed by atoms with van der Waals surface area (Å²) < 4.78 is 4.83. The Hall–Kier alpha value is -3.09. The van der Waals surface area contributed by atoms with Gasteiger partial charge in [-0.2, -0.15) is 0 Å². The van der Waals surface area contributed by atoms with Crippen molar-refractivity contribution in [2.75, 3.05) is 7.11 Å². The maximum absolute atomic E-state index is 11.8. The van der Waals surface area contributed by atoms with Crippen molar-refractivity contribution in [3.63, 3.8) is 0 Å². The van der Waals surface area contributed by atoms with E-state index in [9.17, 15) is 4.79 Å². The molecule has 2 heteroatoms. The van der Waals surface area contributed by atoms with E-state index >= 15 is 0 Å². The van der Waals surface area contributed by atoms with Gasteiger partial charge >= 0.3 is 5.97 Å². The summed E-state index contributed by atoms with van der Waals surface area (Å²) in [5.41, 5.74) is 9.03. The van der Waals surface area contributed by atoms with Gasteiger partial charge < -0.3 is 4.74 Å². The molecule has 0 unspecified atom stereocenters. The zero-order valence-electron chi connectivity index (χ0n) is 17.9. The number of carbonyl (C=O) groups excluding carboxylic acids is 1. The first-order valence-corrected chi connectivity index (χ1v) is 9.91. The van der Waals surface area contributed by atoms with Crippen LogP contribution in [0.4, 0.5) is 0 Å². The number of fused-ring (bicyclic) bond motifs is 1. The molecular weight excluding hydrogens is 356 g/mol. The molecule has 0 atom stereocenters. The molecule has 0 N–H and O–H groups in total. The average Bonchev–Trinajstić information content (AvgIpc) is 2.70. The van der Waals surface area contributed by atoms with Crippen LogP contribution in [0.5, 0.6) is 0 Å². The Morgan fingerprint density at radius 2 is 1.45 bits per heavy atom. The molecule has 0 spiro atoms. The summed E-state index contributed by atoms with van der Waals surface area (Å²) in [6.45, 7) is 8.89. The molecule has 0 fully saturated rings. The van der Waals surface area contributed by atoms with Crippen LogP contribution < -0.4 is 0 Å². The van der Waals surface area contributed by atoms with Gasteiger partial charge in [0.25, 0.3) is 0 Å². The zero-order chi connectivity index (χ0) is 21.0. The number of methoxy groups -OCH3 is 1. The Balaban J connectivity index is 2.14. The standard InChI is InChI=1S/C27H28O2/c1-19(18-27(2,3)4)15-25(20-9-7-6-8-10-20)23-13-11-22-17-24(26(28)29-5)14-12-21(22)16-23/h6-14,16-17H,18H2,1-5H3. The van der Waals surface area contributed by atoms with Crippen LogP contribution in [0.3, 0.4) is 0 Å². The van der Waals surface area contributed by atoms with Crippen molar-refractivity contribution in [3.8, 4) is 0 Å². The molecule has 148 valence electrons. The van der Waals surface area contributed by atoms with Gasteiger partial charge in [-0.15, -0.1) is 5.73 Å². The quantitative estimate of drug-likeness (QED) is 0.356. The fourth-order valence-electron chi connectivity index (χ4n) is 3.61. The van der Waals surface area contributed by atoms with Crippen molar-refractivity contribution < 1.29 is 9.53 Å². The van der Waals surface area contributed by atoms with Crippen LogP contribution in [0, 0.1) is 5.41 Å². The van der Waals surface area contributed by atoms with Gasteiger partial charge in [-0.25, -0.2) is 4.79 Å². The van der Waals surface area contributed by atoms with E-state index in [0.29, 0.717) is 5.56 Å². The van der Waals surface area contributed by atoms with Crippen LogP contribution in [0.1, 0.15) is 55.6 Å². The normalized spacial score (nSPS) is 11.1. The molecule has 0 aromatic heterocycles. The molecule has 0 aliphatic heterocycles. The summed E-state index contributed by atoms with van der Waals surface area (Å²) in [5.74, 6) is -0.318. The largest absolute Gasteiger partial charge is 0.465 e. The smallest absolute Gasteiger partial charge is 0.337 e. The summed E-state index contributed by atoms with van der Waals surface area (Å²) in [6, 6.07) is 22.4. The molecule has 0 amide bonds. The van der Waals surface area contributed by atoms with E-state index in [-0.39, 0.29) is 11.4 Å². The minimum atomic E-state index is -0.318. The van der Waals surface area contributed by atoms with Crippen LogP contribution in [0.2, 0.25) is 0 Å². The van der Waals surface area contributed by atoms with Crippen molar-refractivity contribution in [3.05, 3.63) is 94.7 Å². The second kappa shape index (κ2) is 8.51. The first kappa shape index (κ1) is 20.6. The lowest BCUT2D eigenvalue weighted by molar-refractivity contribution is 0.0601. The van der Waals surface area contributed by atoms with Crippen molar-refractivity contribution in [2.24, 2.45) is 5.41 Å². The van der Waals surface area contributed by atoms with Crippen LogP contribution >= 0.6 is 0 Å². The van der Waals surface area contributed by atoms with E-state index in [2.05, 4.69) is 75.9 Å². The molecule has 0 bridgehead atoms. The highest BCUT2D eigenvalue weighted by atomic mass is 16.5. The summed E-state index contributed by atoms with van der Waals surface area (Å²) in [7, 11) is 1.40. The summed E-state index contributed by atoms with van der Waals surface area (Å²) in [5, 5.41) is 2.10. The third kappa shape index (κ3) is 5.25. The molecule has 0 heterocycles. The van der Waals surface area contributed by atoms with E-state index in [1.807, 2.05) is 24.3 Å².